The third kappa shape index (κ3) is 4.90. The van der Waals surface area contributed by atoms with E-state index in [4.69, 9.17) is 21.3 Å². The van der Waals surface area contributed by atoms with Crippen LogP contribution in [0.25, 0.3) is 10.2 Å². The second-order valence-electron chi connectivity index (χ2n) is 7.37. The Kier molecular flexibility index (Phi) is 6.98. The zero-order valence-corrected chi connectivity index (χ0v) is 20.3. The number of ether oxygens (including phenoxy) is 1. The number of hydrogen-bond donors (Lipinski definition) is 0. The van der Waals surface area contributed by atoms with Crippen LogP contribution in [0.3, 0.4) is 0 Å². The maximum Gasteiger partial charge on any atom is 0.260 e. The average Bonchev–Trinajstić information content (AvgIpc) is 3.24. The summed E-state index contributed by atoms with van der Waals surface area (Å²) < 4.78 is 6.25. The van der Waals surface area contributed by atoms with Crippen LogP contribution in [0.4, 0.5) is 5.13 Å². The van der Waals surface area contributed by atoms with Crippen LogP contribution in [-0.4, -0.2) is 28.2 Å². The van der Waals surface area contributed by atoms with Crippen molar-refractivity contribution in [3.8, 4) is 5.75 Å². The Morgan fingerprint density at radius 1 is 1.22 bits per heavy atom. The highest BCUT2D eigenvalue weighted by molar-refractivity contribution is 7.99. The maximum atomic E-state index is 13.7. The van der Waals surface area contributed by atoms with Gasteiger partial charge in [-0.1, -0.05) is 48.9 Å². The number of hydrogen-bond acceptors (Lipinski definition) is 6. The van der Waals surface area contributed by atoms with E-state index in [2.05, 4.69) is 18.8 Å². The first-order valence-corrected chi connectivity index (χ1v) is 12.1. The van der Waals surface area contributed by atoms with Crippen molar-refractivity contribution in [2.24, 2.45) is 0 Å². The summed E-state index contributed by atoms with van der Waals surface area (Å²) >= 11 is 9.53. The van der Waals surface area contributed by atoms with Gasteiger partial charge in [-0.3, -0.25) is 14.7 Å². The molecule has 2 heterocycles. The van der Waals surface area contributed by atoms with Crippen molar-refractivity contribution in [2.75, 3.05) is 12.0 Å². The molecule has 0 fully saturated rings. The van der Waals surface area contributed by atoms with E-state index in [9.17, 15) is 4.79 Å². The van der Waals surface area contributed by atoms with Gasteiger partial charge < -0.3 is 4.74 Å². The van der Waals surface area contributed by atoms with Crippen molar-refractivity contribution in [1.29, 1.82) is 0 Å². The van der Waals surface area contributed by atoms with E-state index in [1.54, 1.807) is 48.3 Å². The second kappa shape index (κ2) is 9.90. The summed E-state index contributed by atoms with van der Waals surface area (Å²) in [5.74, 6) is 0.491. The molecule has 4 aromatic rings. The van der Waals surface area contributed by atoms with Gasteiger partial charge in [-0.05, 0) is 42.0 Å². The molecule has 32 heavy (non-hydrogen) atoms. The number of carbonyl (C=O) groups excluding carboxylic acids is 1. The van der Waals surface area contributed by atoms with E-state index in [-0.39, 0.29) is 5.91 Å². The standard InChI is InChI=1S/C24H22ClN3O2S2/c1-15(2)31-18-8-4-7-17(12-18)23(29)28(14-16-6-5-11-26-13-16)24-27-21-20(30-3)10-9-19(25)22(21)32-24/h4-13,15H,14H2,1-3H3. The van der Waals surface area contributed by atoms with Crippen molar-refractivity contribution >= 4 is 56.0 Å². The normalized spacial score (nSPS) is 11.2. The highest BCUT2D eigenvalue weighted by atomic mass is 35.5. The van der Waals surface area contributed by atoms with Crippen LogP contribution < -0.4 is 9.64 Å². The molecular formula is C24H22ClN3O2S2. The Balaban J connectivity index is 1.78. The molecule has 0 saturated heterocycles. The maximum absolute atomic E-state index is 13.7. The third-order valence-corrected chi connectivity index (χ3v) is 7.20. The molecule has 0 spiro atoms. The number of pyridine rings is 1. The molecule has 1 amide bonds. The minimum absolute atomic E-state index is 0.130. The molecule has 0 atom stereocenters. The molecule has 164 valence electrons. The van der Waals surface area contributed by atoms with Gasteiger partial charge in [0.15, 0.2) is 5.13 Å². The van der Waals surface area contributed by atoms with Crippen LogP contribution in [0.1, 0.15) is 29.8 Å². The Morgan fingerprint density at radius 3 is 2.78 bits per heavy atom. The number of benzene rings is 2. The van der Waals surface area contributed by atoms with Crippen LogP contribution >= 0.6 is 34.7 Å². The Hall–Kier alpha value is -2.61. The van der Waals surface area contributed by atoms with Gasteiger partial charge in [-0.25, -0.2) is 4.98 Å². The van der Waals surface area contributed by atoms with E-state index in [0.29, 0.717) is 38.8 Å². The van der Waals surface area contributed by atoms with Crippen molar-refractivity contribution in [1.82, 2.24) is 9.97 Å². The van der Waals surface area contributed by atoms with Crippen LogP contribution in [0.5, 0.6) is 5.75 Å². The topological polar surface area (TPSA) is 55.3 Å². The number of rotatable bonds is 7. The Bertz CT molecular complexity index is 1240. The number of thiazole rings is 1. The van der Waals surface area contributed by atoms with Gasteiger partial charge >= 0.3 is 0 Å². The molecule has 0 N–H and O–H groups in total. The van der Waals surface area contributed by atoms with Gasteiger partial charge in [0.25, 0.3) is 5.91 Å². The lowest BCUT2D eigenvalue weighted by atomic mass is 10.2. The number of halogens is 1. The van der Waals surface area contributed by atoms with Crippen LogP contribution in [0, 0.1) is 0 Å². The first-order chi connectivity index (χ1) is 15.5. The third-order valence-electron chi connectivity index (χ3n) is 4.66. The lowest BCUT2D eigenvalue weighted by molar-refractivity contribution is 0.0985. The lowest BCUT2D eigenvalue weighted by Crippen LogP contribution is -2.30. The lowest BCUT2D eigenvalue weighted by Gasteiger charge is -2.20. The van der Waals surface area contributed by atoms with E-state index in [1.165, 1.54) is 11.3 Å². The predicted octanol–water partition coefficient (Wildman–Crippen LogP) is 6.70. The van der Waals surface area contributed by atoms with E-state index >= 15 is 0 Å². The summed E-state index contributed by atoms with van der Waals surface area (Å²) in [6, 6.07) is 15.1. The number of carbonyl (C=O) groups is 1. The van der Waals surface area contributed by atoms with Gasteiger partial charge in [0, 0.05) is 28.1 Å². The Labute approximate surface area is 200 Å². The van der Waals surface area contributed by atoms with E-state index in [1.807, 2.05) is 36.4 Å². The van der Waals surface area contributed by atoms with E-state index in [0.717, 1.165) is 15.2 Å². The molecule has 2 aromatic carbocycles. The number of thioether (sulfide) groups is 1. The minimum Gasteiger partial charge on any atom is -0.494 e. The number of fused-ring (bicyclic) bond motifs is 1. The van der Waals surface area contributed by atoms with Crippen molar-refractivity contribution in [3.05, 3.63) is 77.1 Å². The second-order valence-corrected chi connectivity index (χ2v) is 10.4. The van der Waals surface area contributed by atoms with Crippen molar-refractivity contribution in [3.63, 3.8) is 0 Å². The van der Waals surface area contributed by atoms with Crippen molar-refractivity contribution in [2.45, 2.75) is 30.5 Å². The smallest absolute Gasteiger partial charge is 0.260 e. The molecule has 0 saturated carbocycles. The summed E-state index contributed by atoms with van der Waals surface area (Å²) in [5, 5.41) is 1.56. The van der Waals surface area contributed by atoms with Gasteiger partial charge in [-0.15, -0.1) is 11.8 Å². The number of anilines is 1. The molecule has 0 unspecified atom stereocenters. The molecule has 0 aliphatic carbocycles. The van der Waals surface area contributed by atoms with Crippen LogP contribution in [-0.2, 0) is 6.54 Å². The first kappa shape index (κ1) is 22.6. The number of methoxy groups -OCH3 is 1. The molecule has 0 bridgehead atoms. The highest BCUT2D eigenvalue weighted by Gasteiger charge is 2.24. The molecule has 4 rings (SSSR count). The van der Waals surface area contributed by atoms with E-state index < -0.39 is 0 Å². The van der Waals surface area contributed by atoms with Gasteiger partial charge in [0.1, 0.15) is 11.3 Å². The van der Waals surface area contributed by atoms with Crippen LogP contribution in [0.15, 0.2) is 65.8 Å². The summed E-state index contributed by atoms with van der Waals surface area (Å²) in [6.45, 7) is 4.60. The Morgan fingerprint density at radius 2 is 2.06 bits per heavy atom. The number of nitrogens with zero attached hydrogens (tertiary/aromatic N) is 3. The van der Waals surface area contributed by atoms with Crippen LogP contribution in [0.2, 0.25) is 5.02 Å². The zero-order chi connectivity index (χ0) is 22.7. The fourth-order valence-electron chi connectivity index (χ4n) is 3.25. The SMILES string of the molecule is COc1ccc(Cl)c2sc(N(Cc3cccnc3)C(=O)c3cccc(SC(C)C)c3)nc12. The van der Waals surface area contributed by atoms with Gasteiger partial charge in [0.2, 0.25) is 0 Å². The summed E-state index contributed by atoms with van der Waals surface area (Å²) in [4.78, 5) is 25.4. The monoisotopic (exact) mass is 483 g/mol. The fraction of sp³-hybridized carbons (Fsp3) is 0.208. The molecule has 5 nitrogen and oxygen atoms in total. The van der Waals surface area contributed by atoms with Gasteiger partial charge in [0.05, 0.1) is 23.4 Å². The predicted molar refractivity (Wildman–Crippen MR) is 133 cm³/mol. The summed E-state index contributed by atoms with van der Waals surface area (Å²) in [5.41, 5.74) is 2.16. The minimum atomic E-state index is -0.130. The fourth-order valence-corrected chi connectivity index (χ4v) is 5.40. The molecule has 8 heteroatoms. The zero-order valence-electron chi connectivity index (χ0n) is 17.9. The quantitative estimate of drug-likeness (QED) is 0.274. The molecular weight excluding hydrogens is 462 g/mol. The largest absolute Gasteiger partial charge is 0.494 e. The highest BCUT2D eigenvalue weighted by Crippen LogP contribution is 2.39. The average molecular weight is 484 g/mol. The van der Waals surface area contributed by atoms with Crippen molar-refractivity contribution < 1.29 is 9.53 Å². The summed E-state index contributed by atoms with van der Waals surface area (Å²) in [6.07, 6.45) is 3.47. The number of amides is 1. The molecule has 0 aliphatic rings. The summed E-state index contributed by atoms with van der Waals surface area (Å²) in [7, 11) is 1.60. The molecule has 2 aromatic heterocycles. The molecule has 0 aliphatic heterocycles. The molecule has 0 radical (unpaired) electrons. The number of aromatic nitrogens is 2. The van der Waals surface area contributed by atoms with Gasteiger partial charge in [-0.2, -0.15) is 0 Å². The first-order valence-electron chi connectivity index (χ1n) is 10.1.